The Morgan fingerprint density at radius 3 is 2.43 bits per heavy atom. The summed E-state index contributed by atoms with van der Waals surface area (Å²) < 4.78 is 15.8. The van der Waals surface area contributed by atoms with Gasteiger partial charge < -0.3 is 34.6 Å². The summed E-state index contributed by atoms with van der Waals surface area (Å²) >= 11 is 0. The van der Waals surface area contributed by atoms with Gasteiger partial charge in [0.1, 0.15) is 24.1 Å². The topological polar surface area (TPSA) is 126 Å². The first-order chi connectivity index (χ1) is 11.0. The van der Waals surface area contributed by atoms with Crippen molar-refractivity contribution >= 4 is 12.0 Å². The summed E-state index contributed by atoms with van der Waals surface area (Å²) in [5, 5.41) is 38.1. The summed E-state index contributed by atoms with van der Waals surface area (Å²) in [6.45, 7) is -0.518. The number of benzene rings is 1. The molecule has 3 rings (SSSR count). The van der Waals surface area contributed by atoms with Crippen molar-refractivity contribution < 1.29 is 39.4 Å². The van der Waals surface area contributed by atoms with E-state index in [1.807, 2.05) is 0 Å². The van der Waals surface area contributed by atoms with Crippen LogP contribution in [0.3, 0.4) is 0 Å². The Morgan fingerprint density at radius 1 is 1.09 bits per heavy atom. The summed E-state index contributed by atoms with van der Waals surface area (Å²) in [6.07, 6.45) is -4.78. The maximum Gasteiger partial charge on any atom is 0.374 e. The van der Waals surface area contributed by atoms with Gasteiger partial charge in [0.25, 0.3) is 0 Å². The van der Waals surface area contributed by atoms with Crippen LogP contribution in [0.15, 0.2) is 30.0 Å². The van der Waals surface area contributed by atoms with E-state index in [9.17, 15) is 20.1 Å². The number of fused-ring (bicyclic) bond motifs is 1. The molecule has 0 aromatic heterocycles. The minimum Gasteiger partial charge on any atom is -0.508 e. The third-order valence-corrected chi connectivity index (χ3v) is 3.70. The molecule has 0 radical (unpaired) electrons. The normalized spacial score (nSPS) is 35.3. The predicted molar refractivity (Wildman–Crippen MR) is 74.8 cm³/mol. The molecule has 0 spiro atoms. The van der Waals surface area contributed by atoms with E-state index in [1.165, 1.54) is 18.2 Å². The van der Waals surface area contributed by atoms with Gasteiger partial charge >= 0.3 is 5.97 Å². The van der Waals surface area contributed by atoms with Crippen LogP contribution >= 0.6 is 0 Å². The van der Waals surface area contributed by atoms with Gasteiger partial charge in [-0.3, -0.25) is 0 Å². The molecule has 0 unspecified atom stereocenters. The predicted octanol–water partition coefficient (Wildman–Crippen LogP) is -0.886. The first-order valence-corrected chi connectivity index (χ1v) is 7.00. The highest BCUT2D eigenvalue weighted by molar-refractivity contribution is 5.92. The Morgan fingerprint density at radius 2 is 1.78 bits per heavy atom. The van der Waals surface area contributed by atoms with E-state index in [-0.39, 0.29) is 11.5 Å². The molecule has 5 atom stereocenters. The summed E-state index contributed by atoms with van der Waals surface area (Å²) in [5.41, 5.74) is 0.586. The van der Waals surface area contributed by atoms with Crippen LogP contribution in [-0.4, -0.2) is 63.7 Å². The molecule has 2 aliphatic rings. The molecule has 2 saturated heterocycles. The second kappa shape index (κ2) is 6.17. The number of phenolic OH excluding ortho intramolecular Hbond substituents is 1. The number of phenols is 1. The molecule has 0 saturated carbocycles. The van der Waals surface area contributed by atoms with E-state index in [0.29, 0.717) is 5.56 Å². The largest absolute Gasteiger partial charge is 0.508 e. The third-order valence-electron chi connectivity index (χ3n) is 3.70. The van der Waals surface area contributed by atoms with E-state index in [0.717, 1.165) is 0 Å². The molecule has 8 heteroatoms. The van der Waals surface area contributed by atoms with Crippen LogP contribution in [0.5, 0.6) is 5.75 Å². The first-order valence-electron chi connectivity index (χ1n) is 7.00. The molecule has 2 heterocycles. The molecule has 1 aromatic carbocycles. The quantitative estimate of drug-likeness (QED) is 0.408. The van der Waals surface area contributed by atoms with Gasteiger partial charge in [-0.1, -0.05) is 12.1 Å². The van der Waals surface area contributed by atoms with E-state index >= 15 is 0 Å². The average molecular weight is 324 g/mol. The minimum absolute atomic E-state index is 0.0814. The fourth-order valence-electron chi connectivity index (χ4n) is 2.45. The van der Waals surface area contributed by atoms with Gasteiger partial charge in [-0.2, -0.15) is 0 Å². The number of rotatable bonds is 2. The molecule has 0 aliphatic carbocycles. The van der Waals surface area contributed by atoms with Crippen molar-refractivity contribution in [2.75, 3.05) is 6.61 Å². The molecule has 124 valence electrons. The zero-order valence-corrected chi connectivity index (χ0v) is 11.9. The SMILES string of the molecule is O=C1O[C@H]2[C@H](OC1=Cc1ccc(O)cc1)O[C@H](CO)[C@@H](O)[C@@H]2O. The fraction of sp³-hybridized carbons (Fsp3) is 0.400. The number of aliphatic hydroxyl groups excluding tert-OH is 3. The van der Waals surface area contributed by atoms with Crippen molar-refractivity contribution in [3.8, 4) is 5.75 Å². The number of hydrogen-bond acceptors (Lipinski definition) is 8. The number of aromatic hydroxyl groups is 1. The van der Waals surface area contributed by atoms with Crippen LogP contribution in [0.1, 0.15) is 5.56 Å². The van der Waals surface area contributed by atoms with Crippen molar-refractivity contribution in [3.05, 3.63) is 35.6 Å². The van der Waals surface area contributed by atoms with Crippen molar-refractivity contribution in [2.45, 2.75) is 30.7 Å². The highest BCUT2D eigenvalue weighted by Crippen LogP contribution is 2.31. The molecule has 8 nitrogen and oxygen atoms in total. The van der Waals surface area contributed by atoms with Crippen LogP contribution < -0.4 is 0 Å². The van der Waals surface area contributed by atoms with Gasteiger partial charge in [0.2, 0.25) is 12.0 Å². The van der Waals surface area contributed by atoms with E-state index in [4.69, 9.17) is 19.3 Å². The number of hydrogen-bond donors (Lipinski definition) is 4. The lowest BCUT2D eigenvalue weighted by Crippen LogP contribution is -2.62. The van der Waals surface area contributed by atoms with E-state index in [1.54, 1.807) is 12.1 Å². The average Bonchev–Trinajstić information content (AvgIpc) is 2.54. The van der Waals surface area contributed by atoms with Gasteiger partial charge in [-0.25, -0.2) is 4.79 Å². The Labute approximate surface area is 131 Å². The first kappa shape index (κ1) is 15.8. The maximum atomic E-state index is 12.0. The summed E-state index contributed by atoms with van der Waals surface area (Å²) in [7, 11) is 0. The summed E-state index contributed by atoms with van der Waals surface area (Å²) in [4.78, 5) is 12.0. The number of esters is 1. The van der Waals surface area contributed by atoms with Gasteiger partial charge in [-0.05, 0) is 23.8 Å². The Balaban J connectivity index is 1.81. The van der Waals surface area contributed by atoms with Crippen molar-refractivity contribution in [3.63, 3.8) is 0 Å². The van der Waals surface area contributed by atoms with E-state index < -0.39 is 43.3 Å². The molecular formula is C15H16O8. The number of carbonyl (C=O) groups is 1. The lowest BCUT2D eigenvalue weighted by atomic mass is 9.98. The second-order valence-electron chi connectivity index (χ2n) is 5.29. The fourth-order valence-corrected chi connectivity index (χ4v) is 2.45. The number of carbonyl (C=O) groups excluding carboxylic acids is 1. The number of aliphatic hydroxyl groups is 3. The Kier molecular flexibility index (Phi) is 4.22. The highest BCUT2D eigenvalue weighted by Gasteiger charge is 2.51. The highest BCUT2D eigenvalue weighted by atomic mass is 16.7. The third kappa shape index (κ3) is 3.02. The summed E-state index contributed by atoms with van der Waals surface area (Å²) in [5.74, 6) is -0.869. The lowest BCUT2D eigenvalue weighted by molar-refractivity contribution is -0.308. The van der Waals surface area contributed by atoms with Crippen LogP contribution in [0.25, 0.3) is 6.08 Å². The molecular weight excluding hydrogens is 308 g/mol. The van der Waals surface area contributed by atoms with Gasteiger partial charge in [-0.15, -0.1) is 0 Å². The smallest absolute Gasteiger partial charge is 0.374 e. The van der Waals surface area contributed by atoms with Gasteiger partial charge in [0.05, 0.1) is 6.61 Å². The van der Waals surface area contributed by atoms with Crippen LogP contribution in [0.4, 0.5) is 0 Å². The minimum atomic E-state index is -1.43. The molecule has 0 amide bonds. The van der Waals surface area contributed by atoms with E-state index in [2.05, 4.69) is 0 Å². The summed E-state index contributed by atoms with van der Waals surface area (Å²) in [6, 6.07) is 6.04. The van der Waals surface area contributed by atoms with Crippen molar-refractivity contribution in [1.29, 1.82) is 0 Å². The van der Waals surface area contributed by atoms with Crippen molar-refractivity contribution in [2.24, 2.45) is 0 Å². The monoisotopic (exact) mass is 324 g/mol. The van der Waals surface area contributed by atoms with Crippen LogP contribution in [0, 0.1) is 0 Å². The molecule has 4 N–H and O–H groups in total. The molecule has 0 bridgehead atoms. The molecule has 2 aliphatic heterocycles. The Bertz CT molecular complexity index is 610. The zero-order valence-electron chi connectivity index (χ0n) is 11.9. The zero-order chi connectivity index (χ0) is 16.6. The van der Waals surface area contributed by atoms with Crippen LogP contribution in [-0.2, 0) is 19.0 Å². The standard InChI is InChI=1S/C15H16O8/c16-6-10-11(18)12(19)13-15(22-10)21-9(14(20)23-13)5-7-1-3-8(17)4-2-7/h1-5,10-13,15-19H,6H2/t10-,11-,12+,13-,15-/m1/s1. The molecule has 23 heavy (non-hydrogen) atoms. The second-order valence-corrected chi connectivity index (χ2v) is 5.29. The van der Waals surface area contributed by atoms with Gasteiger partial charge in [0.15, 0.2) is 6.10 Å². The molecule has 2 fully saturated rings. The van der Waals surface area contributed by atoms with Crippen molar-refractivity contribution in [1.82, 2.24) is 0 Å². The lowest BCUT2D eigenvalue weighted by Gasteiger charge is -2.43. The Hall–Kier alpha value is -2.13. The van der Waals surface area contributed by atoms with Gasteiger partial charge in [0, 0.05) is 0 Å². The number of ether oxygens (including phenoxy) is 3. The molecule has 1 aromatic rings. The maximum absolute atomic E-state index is 12.0. The van der Waals surface area contributed by atoms with Crippen LogP contribution in [0.2, 0.25) is 0 Å².